The van der Waals surface area contributed by atoms with E-state index >= 15 is 0 Å². The average molecular weight is 250 g/mol. The quantitative estimate of drug-likeness (QED) is 0.822. The maximum Gasteiger partial charge on any atom is 0.269 e. The molecule has 0 spiro atoms. The molecule has 1 fully saturated rings. The summed E-state index contributed by atoms with van der Waals surface area (Å²) >= 11 is 0. The summed E-state index contributed by atoms with van der Waals surface area (Å²) in [7, 11) is 3.53. The Morgan fingerprint density at radius 2 is 2.28 bits per heavy atom. The van der Waals surface area contributed by atoms with E-state index in [9.17, 15) is 4.79 Å². The fourth-order valence-corrected chi connectivity index (χ4v) is 2.29. The molecule has 1 atom stereocenters. The molecular weight excluding hydrogens is 228 g/mol. The van der Waals surface area contributed by atoms with Gasteiger partial charge >= 0.3 is 0 Å². The van der Waals surface area contributed by atoms with Crippen molar-refractivity contribution in [1.29, 1.82) is 0 Å². The van der Waals surface area contributed by atoms with Gasteiger partial charge < -0.3 is 15.2 Å². The van der Waals surface area contributed by atoms with Crippen molar-refractivity contribution in [3.63, 3.8) is 0 Å². The molecule has 0 saturated carbocycles. The molecule has 18 heavy (non-hydrogen) atoms. The second-order valence-electron chi connectivity index (χ2n) is 5.19. The molecular formula is C13H22N4O. The molecule has 2 heterocycles. The predicted octanol–water partition coefficient (Wildman–Crippen LogP) is 0.510. The minimum atomic E-state index is 0.0231. The zero-order valence-electron chi connectivity index (χ0n) is 11.4. The summed E-state index contributed by atoms with van der Waals surface area (Å²) in [5.74, 6) is 0.0231. The number of piperazine rings is 1. The lowest BCUT2D eigenvalue weighted by Gasteiger charge is -2.31. The summed E-state index contributed by atoms with van der Waals surface area (Å²) in [5.41, 5.74) is 1.77. The Labute approximate surface area is 108 Å². The van der Waals surface area contributed by atoms with Gasteiger partial charge in [0.15, 0.2) is 0 Å². The van der Waals surface area contributed by atoms with E-state index < -0.39 is 0 Å². The number of nitrogens with one attached hydrogen (secondary N) is 2. The molecule has 1 amide bonds. The molecule has 1 aromatic heterocycles. The first-order valence-corrected chi connectivity index (χ1v) is 6.41. The van der Waals surface area contributed by atoms with Crippen molar-refractivity contribution < 1.29 is 4.79 Å². The number of aromatic nitrogens is 1. The van der Waals surface area contributed by atoms with Crippen molar-refractivity contribution in [2.75, 3.05) is 33.7 Å². The minimum Gasteiger partial charge on any atom is -0.353 e. The van der Waals surface area contributed by atoms with Crippen LogP contribution in [0.2, 0.25) is 0 Å². The molecule has 5 nitrogen and oxygen atoms in total. The van der Waals surface area contributed by atoms with Crippen LogP contribution in [0.15, 0.2) is 12.1 Å². The molecule has 1 unspecified atom stereocenters. The highest BCUT2D eigenvalue weighted by atomic mass is 16.2. The average Bonchev–Trinajstić information content (AvgIpc) is 2.76. The number of carbonyl (C=O) groups is 1. The van der Waals surface area contributed by atoms with Crippen molar-refractivity contribution in [1.82, 2.24) is 20.1 Å². The zero-order chi connectivity index (χ0) is 13.1. The molecule has 2 N–H and O–H groups in total. The molecule has 0 bridgehead atoms. The minimum absolute atomic E-state index is 0.0231. The lowest BCUT2D eigenvalue weighted by atomic mass is 10.2. The van der Waals surface area contributed by atoms with E-state index in [-0.39, 0.29) is 5.91 Å². The van der Waals surface area contributed by atoms with Crippen LogP contribution in [-0.2, 0) is 6.54 Å². The van der Waals surface area contributed by atoms with E-state index in [1.807, 2.05) is 12.1 Å². The van der Waals surface area contributed by atoms with E-state index in [2.05, 4.69) is 22.1 Å². The summed E-state index contributed by atoms with van der Waals surface area (Å²) in [4.78, 5) is 19.0. The van der Waals surface area contributed by atoms with Gasteiger partial charge in [0.05, 0.1) is 0 Å². The van der Waals surface area contributed by atoms with Gasteiger partial charge in [-0.1, -0.05) is 0 Å². The van der Waals surface area contributed by atoms with Gasteiger partial charge in [-0.05, 0) is 19.1 Å². The SMILES string of the molecule is CC1CN(Cc2ccc(C(=O)N(C)C)[nH]2)CCN1. The summed E-state index contributed by atoms with van der Waals surface area (Å²) < 4.78 is 0. The van der Waals surface area contributed by atoms with Crippen LogP contribution in [0.4, 0.5) is 0 Å². The number of hydrogen-bond acceptors (Lipinski definition) is 3. The van der Waals surface area contributed by atoms with Crippen LogP contribution in [0, 0.1) is 0 Å². The molecule has 1 aliphatic rings. The maximum absolute atomic E-state index is 11.8. The van der Waals surface area contributed by atoms with Crippen LogP contribution in [-0.4, -0.2) is 60.5 Å². The molecule has 5 heteroatoms. The van der Waals surface area contributed by atoms with E-state index in [1.165, 1.54) is 0 Å². The van der Waals surface area contributed by atoms with Crippen LogP contribution in [0.25, 0.3) is 0 Å². The van der Waals surface area contributed by atoms with Gasteiger partial charge in [-0.2, -0.15) is 0 Å². The Morgan fingerprint density at radius 1 is 1.50 bits per heavy atom. The van der Waals surface area contributed by atoms with Gasteiger partial charge in [-0.25, -0.2) is 0 Å². The number of nitrogens with zero attached hydrogens (tertiary/aromatic N) is 2. The first kappa shape index (κ1) is 13.1. The van der Waals surface area contributed by atoms with Gasteiger partial charge in [0, 0.05) is 52.0 Å². The monoisotopic (exact) mass is 250 g/mol. The third-order valence-electron chi connectivity index (χ3n) is 3.23. The third kappa shape index (κ3) is 3.11. The van der Waals surface area contributed by atoms with Crippen molar-refractivity contribution >= 4 is 5.91 Å². The first-order valence-electron chi connectivity index (χ1n) is 6.41. The van der Waals surface area contributed by atoms with Crippen molar-refractivity contribution in [3.05, 3.63) is 23.5 Å². The summed E-state index contributed by atoms with van der Waals surface area (Å²) in [6.07, 6.45) is 0. The second kappa shape index (κ2) is 5.54. The Kier molecular flexibility index (Phi) is 4.04. The van der Waals surface area contributed by atoms with Crippen LogP contribution < -0.4 is 5.32 Å². The standard InChI is InChI=1S/C13H22N4O/c1-10-8-17(7-6-14-10)9-11-4-5-12(15-11)13(18)16(2)3/h4-5,10,14-15H,6-9H2,1-3H3. The highest BCUT2D eigenvalue weighted by molar-refractivity contribution is 5.92. The van der Waals surface area contributed by atoms with Crippen LogP contribution in [0.3, 0.4) is 0 Å². The zero-order valence-corrected chi connectivity index (χ0v) is 11.4. The lowest BCUT2D eigenvalue weighted by Crippen LogP contribution is -2.48. The summed E-state index contributed by atoms with van der Waals surface area (Å²) in [6, 6.07) is 4.41. The topological polar surface area (TPSA) is 51.4 Å². The van der Waals surface area contributed by atoms with E-state index in [4.69, 9.17) is 0 Å². The van der Waals surface area contributed by atoms with Crippen LogP contribution in [0.1, 0.15) is 23.1 Å². The molecule has 0 aromatic carbocycles. The Bertz CT molecular complexity index is 413. The van der Waals surface area contributed by atoms with Crippen molar-refractivity contribution in [2.24, 2.45) is 0 Å². The highest BCUT2D eigenvalue weighted by Crippen LogP contribution is 2.09. The van der Waals surface area contributed by atoms with Crippen LogP contribution in [0.5, 0.6) is 0 Å². The van der Waals surface area contributed by atoms with Gasteiger partial charge in [-0.15, -0.1) is 0 Å². The third-order valence-corrected chi connectivity index (χ3v) is 3.23. The smallest absolute Gasteiger partial charge is 0.269 e. The molecule has 0 radical (unpaired) electrons. The van der Waals surface area contributed by atoms with Gasteiger partial charge in [0.2, 0.25) is 0 Å². The van der Waals surface area contributed by atoms with Gasteiger partial charge in [-0.3, -0.25) is 9.69 Å². The van der Waals surface area contributed by atoms with E-state index in [1.54, 1.807) is 19.0 Å². The predicted molar refractivity (Wildman–Crippen MR) is 71.6 cm³/mol. The number of hydrogen-bond donors (Lipinski definition) is 2. The van der Waals surface area contributed by atoms with E-state index in [0.29, 0.717) is 11.7 Å². The molecule has 1 saturated heterocycles. The normalized spacial score (nSPS) is 20.9. The Hall–Kier alpha value is -1.33. The van der Waals surface area contributed by atoms with Crippen molar-refractivity contribution in [3.8, 4) is 0 Å². The molecule has 2 rings (SSSR count). The number of carbonyl (C=O) groups excluding carboxylic acids is 1. The number of rotatable bonds is 3. The number of aromatic amines is 1. The lowest BCUT2D eigenvalue weighted by molar-refractivity contribution is 0.0822. The Morgan fingerprint density at radius 3 is 2.94 bits per heavy atom. The van der Waals surface area contributed by atoms with Crippen molar-refractivity contribution in [2.45, 2.75) is 19.5 Å². The second-order valence-corrected chi connectivity index (χ2v) is 5.19. The highest BCUT2D eigenvalue weighted by Gasteiger charge is 2.17. The molecule has 0 aliphatic carbocycles. The largest absolute Gasteiger partial charge is 0.353 e. The number of amides is 1. The van der Waals surface area contributed by atoms with Gasteiger partial charge in [0.1, 0.15) is 5.69 Å². The van der Waals surface area contributed by atoms with E-state index in [0.717, 1.165) is 31.9 Å². The molecule has 1 aliphatic heterocycles. The summed E-state index contributed by atoms with van der Waals surface area (Å²) in [5, 5.41) is 3.42. The maximum atomic E-state index is 11.8. The first-order chi connectivity index (χ1) is 8.56. The fourth-order valence-electron chi connectivity index (χ4n) is 2.29. The summed E-state index contributed by atoms with van der Waals surface area (Å²) in [6.45, 7) is 6.22. The molecule has 100 valence electrons. The van der Waals surface area contributed by atoms with Crippen LogP contribution >= 0.6 is 0 Å². The Balaban J connectivity index is 1.96. The van der Waals surface area contributed by atoms with Gasteiger partial charge in [0.25, 0.3) is 5.91 Å². The number of H-pyrrole nitrogens is 1. The molecule has 1 aromatic rings. The fraction of sp³-hybridized carbons (Fsp3) is 0.615.